The Labute approximate surface area is 95.0 Å². The van der Waals surface area contributed by atoms with Gasteiger partial charge in [-0.3, -0.25) is 14.4 Å². The van der Waals surface area contributed by atoms with Crippen LogP contribution in [0, 0.1) is 11.8 Å². The maximum absolute atomic E-state index is 11.9. The van der Waals surface area contributed by atoms with E-state index in [1.54, 1.807) is 0 Å². The average Bonchev–Trinajstić information content (AvgIpc) is 2.35. The number of nitrogens with zero attached hydrogens (tertiary/aromatic N) is 1. The molecule has 0 saturated carbocycles. The molecular weight excluding hydrogens is 210 g/mol. The minimum absolute atomic E-state index is 0.192. The quantitative estimate of drug-likeness (QED) is 0.406. The average molecular weight is 227 g/mol. The molecule has 1 rings (SSSR count). The zero-order valence-electron chi connectivity index (χ0n) is 9.80. The molecule has 0 saturated heterocycles. The fraction of sp³-hybridized carbons (Fsp3) is 0.636. The molecule has 0 aliphatic heterocycles. The van der Waals surface area contributed by atoms with E-state index in [0.29, 0.717) is 12.8 Å². The van der Waals surface area contributed by atoms with Crippen molar-refractivity contribution >= 4 is 11.9 Å². The number of amides is 1. The third kappa shape index (κ3) is 2.61. The molecule has 0 fully saturated rings. The summed E-state index contributed by atoms with van der Waals surface area (Å²) in [4.78, 5) is 28.3. The summed E-state index contributed by atoms with van der Waals surface area (Å²) in [5, 5.41) is 1.15. The SMILES string of the molecule is COC(=O)[C@H]1CC=CC[C@H]1C(=O)N(C)OC. The number of rotatable bonds is 3. The van der Waals surface area contributed by atoms with Crippen LogP contribution in [-0.2, 0) is 19.2 Å². The van der Waals surface area contributed by atoms with Gasteiger partial charge in [0, 0.05) is 7.05 Å². The summed E-state index contributed by atoms with van der Waals surface area (Å²) < 4.78 is 4.70. The van der Waals surface area contributed by atoms with Crippen molar-refractivity contribution in [3.63, 3.8) is 0 Å². The first-order chi connectivity index (χ1) is 7.61. The van der Waals surface area contributed by atoms with Crippen LogP contribution in [0.5, 0.6) is 0 Å². The van der Waals surface area contributed by atoms with Crippen molar-refractivity contribution in [3.8, 4) is 0 Å². The van der Waals surface area contributed by atoms with Crippen LogP contribution in [0.1, 0.15) is 12.8 Å². The van der Waals surface area contributed by atoms with Gasteiger partial charge in [-0.25, -0.2) is 5.06 Å². The van der Waals surface area contributed by atoms with Crippen LogP contribution in [0.15, 0.2) is 12.2 Å². The second-order valence-corrected chi connectivity index (χ2v) is 3.70. The third-order valence-electron chi connectivity index (χ3n) is 2.84. The summed E-state index contributed by atoms with van der Waals surface area (Å²) in [5.41, 5.74) is 0. The molecule has 2 atom stereocenters. The van der Waals surface area contributed by atoms with E-state index in [-0.39, 0.29) is 17.8 Å². The van der Waals surface area contributed by atoms with Gasteiger partial charge in [0.25, 0.3) is 0 Å². The highest BCUT2D eigenvalue weighted by Crippen LogP contribution is 2.28. The monoisotopic (exact) mass is 227 g/mol. The van der Waals surface area contributed by atoms with E-state index < -0.39 is 5.92 Å². The molecular formula is C11H17NO4. The van der Waals surface area contributed by atoms with Crippen LogP contribution < -0.4 is 0 Å². The van der Waals surface area contributed by atoms with Crippen molar-refractivity contribution in [2.45, 2.75) is 12.8 Å². The molecule has 5 nitrogen and oxygen atoms in total. The van der Waals surface area contributed by atoms with E-state index in [1.807, 2.05) is 12.2 Å². The molecule has 0 aromatic rings. The Morgan fingerprint density at radius 1 is 1.19 bits per heavy atom. The van der Waals surface area contributed by atoms with E-state index in [9.17, 15) is 9.59 Å². The van der Waals surface area contributed by atoms with Crippen LogP contribution in [0.2, 0.25) is 0 Å². The van der Waals surface area contributed by atoms with E-state index >= 15 is 0 Å². The van der Waals surface area contributed by atoms with Gasteiger partial charge in [0.15, 0.2) is 0 Å². The highest BCUT2D eigenvalue weighted by atomic mass is 16.7. The number of esters is 1. The molecule has 0 unspecified atom stereocenters. The Balaban J connectivity index is 2.79. The first kappa shape index (κ1) is 12.7. The Hall–Kier alpha value is -1.36. The van der Waals surface area contributed by atoms with Gasteiger partial charge >= 0.3 is 5.97 Å². The van der Waals surface area contributed by atoms with Crippen LogP contribution in [0.25, 0.3) is 0 Å². The summed E-state index contributed by atoms with van der Waals surface area (Å²) >= 11 is 0. The molecule has 0 heterocycles. The van der Waals surface area contributed by atoms with Gasteiger partial charge in [0.05, 0.1) is 26.1 Å². The van der Waals surface area contributed by atoms with E-state index in [1.165, 1.54) is 21.3 Å². The summed E-state index contributed by atoms with van der Waals surface area (Å²) in [6, 6.07) is 0. The summed E-state index contributed by atoms with van der Waals surface area (Å²) in [5.74, 6) is -1.32. The number of ether oxygens (including phenoxy) is 1. The highest BCUT2D eigenvalue weighted by molar-refractivity contribution is 5.85. The van der Waals surface area contributed by atoms with Crippen LogP contribution in [-0.4, -0.2) is 38.2 Å². The predicted octanol–water partition coefficient (Wildman–Crippen LogP) is 0.762. The summed E-state index contributed by atoms with van der Waals surface area (Å²) in [7, 11) is 4.29. The van der Waals surface area contributed by atoms with Crippen LogP contribution >= 0.6 is 0 Å². The smallest absolute Gasteiger partial charge is 0.309 e. The summed E-state index contributed by atoms with van der Waals surface area (Å²) in [6.07, 6.45) is 4.90. The second-order valence-electron chi connectivity index (χ2n) is 3.70. The number of hydroxylamine groups is 2. The lowest BCUT2D eigenvalue weighted by atomic mass is 9.82. The number of carbonyl (C=O) groups is 2. The normalized spacial score (nSPS) is 23.9. The molecule has 1 amide bonds. The molecule has 0 aromatic heterocycles. The number of hydrogen-bond acceptors (Lipinski definition) is 4. The van der Waals surface area contributed by atoms with Gasteiger partial charge in [-0.2, -0.15) is 0 Å². The number of carbonyl (C=O) groups excluding carboxylic acids is 2. The maximum atomic E-state index is 11.9. The lowest BCUT2D eigenvalue weighted by molar-refractivity contribution is -0.178. The maximum Gasteiger partial charge on any atom is 0.309 e. The number of hydrogen-bond donors (Lipinski definition) is 0. The van der Waals surface area contributed by atoms with Crippen molar-refractivity contribution in [3.05, 3.63) is 12.2 Å². The minimum atomic E-state index is -0.403. The Morgan fingerprint density at radius 3 is 2.25 bits per heavy atom. The van der Waals surface area contributed by atoms with Crippen molar-refractivity contribution in [2.75, 3.05) is 21.3 Å². The predicted molar refractivity (Wildman–Crippen MR) is 57.1 cm³/mol. The summed E-state index contributed by atoms with van der Waals surface area (Å²) in [6.45, 7) is 0. The van der Waals surface area contributed by atoms with Crippen molar-refractivity contribution < 1.29 is 19.2 Å². The Bertz CT molecular complexity index is 300. The lowest BCUT2D eigenvalue weighted by Crippen LogP contribution is -2.39. The molecule has 0 bridgehead atoms. The highest BCUT2D eigenvalue weighted by Gasteiger charge is 2.36. The molecule has 0 spiro atoms. The van der Waals surface area contributed by atoms with Crippen molar-refractivity contribution in [2.24, 2.45) is 11.8 Å². The zero-order valence-corrected chi connectivity index (χ0v) is 9.80. The number of allylic oxidation sites excluding steroid dienone is 2. The Morgan fingerprint density at radius 2 is 1.75 bits per heavy atom. The largest absolute Gasteiger partial charge is 0.469 e. The molecule has 1 aliphatic rings. The lowest BCUT2D eigenvalue weighted by Gasteiger charge is -2.28. The van der Waals surface area contributed by atoms with E-state index in [4.69, 9.17) is 9.57 Å². The molecule has 5 heteroatoms. The van der Waals surface area contributed by atoms with Crippen molar-refractivity contribution in [1.82, 2.24) is 5.06 Å². The fourth-order valence-corrected chi connectivity index (χ4v) is 1.82. The van der Waals surface area contributed by atoms with Crippen molar-refractivity contribution in [1.29, 1.82) is 0 Å². The minimum Gasteiger partial charge on any atom is -0.469 e. The molecule has 1 aliphatic carbocycles. The number of methoxy groups -OCH3 is 1. The van der Waals surface area contributed by atoms with Gasteiger partial charge in [0.2, 0.25) is 5.91 Å². The van der Waals surface area contributed by atoms with Gasteiger partial charge in [-0.05, 0) is 12.8 Å². The van der Waals surface area contributed by atoms with Crippen LogP contribution in [0.4, 0.5) is 0 Å². The van der Waals surface area contributed by atoms with Gasteiger partial charge in [-0.1, -0.05) is 12.2 Å². The standard InChI is InChI=1S/C11H17NO4/c1-12(16-3)10(13)8-6-4-5-7-9(8)11(14)15-2/h4-5,8-9H,6-7H2,1-3H3/t8-,9+/m1/s1. The zero-order chi connectivity index (χ0) is 12.1. The first-order valence-corrected chi connectivity index (χ1v) is 5.16. The topological polar surface area (TPSA) is 55.8 Å². The Kier molecular flexibility index (Phi) is 4.49. The van der Waals surface area contributed by atoms with E-state index in [2.05, 4.69) is 0 Å². The molecule has 0 radical (unpaired) electrons. The molecule has 0 N–H and O–H groups in total. The van der Waals surface area contributed by atoms with E-state index in [0.717, 1.165) is 5.06 Å². The van der Waals surface area contributed by atoms with Gasteiger partial charge < -0.3 is 4.74 Å². The van der Waals surface area contributed by atoms with Crippen LogP contribution in [0.3, 0.4) is 0 Å². The molecule has 16 heavy (non-hydrogen) atoms. The molecule has 0 aromatic carbocycles. The first-order valence-electron chi connectivity index (χ1n) is 5.16. The fourth-order valence-electron chi connectivity index (χ4n) is 1.82. The van der Waals surface area contributed by atoms with Gasteiger partial charge in [0.1, 0.15) is 0 Å². The third-order valence-corrected chi connectivity index (χ3v) is 2.84. The molecule has 90 valence electrons. The van der Waals surface area contributed by atoms with Gasteiger partial charge in [-0.15, -0.1) is 0 Å². The second kappa shape index (κ2) is 5.65.